The Balaban J connectivity index is 2.48. The van der Waals surface area contributed by atoms with E-state index in [-0.39, 0.29) is 6.73 Å². The standard InChI is InChI=1S/C5H8N2O3S/c1-11(8,9)10-5-7-4-2-3-6-7/h2-4H,5H2,1H3. The van der Waals surface area contributed by atoms with Gasteiger partial charge in [-0.3, -0.25) is 0 Å². The van der Waals surface area contributed by atoms with Gasteiger partial charge in [-0.1, -0.05) is 0 Å². The molecule has 0 saturated carbocycles. The second-order valence-electron chi connectivity index (χ2n) is 2.00. The van der Waals surface area contributed by atoms with Crippen LogP contribution in [0.3, 0.4) is 0 Å². The van der Waals surface area contributed by atoms with E-state index in [0.29, 0.717) is 0 Å². The summed E-state index contributed by atoms with van der Waals surface area (Å²) >= 11 is 0. The van der Waals surface area contributed by atoms with E-state index in [0.717, 1.165) is 6.26 Å². The van der Waals surface area contributed by atoms with Gasteiger partial charge in [0, 0.05) is 12.4 Å². The summed E-state index contributed by atoms with van der Waals surface area (Å²) in [5.41, 5.74) is 0. The first kappa shape index (κ1) is 8.22. The largest absolute Gasteiger partial charge is 0.266 e. The van der Waals surface area contributed by atoms with Crippen molar-refractivity contribution in [1.82, 2.24) is 9.78 Å². The average Bonchev–Trinajstić information content (AvgIpc) is 2.32. The van der Waals surface area contributed by atoms with Gasteiger partial charge in [0.05, 0.1) is 6.26 Å². The average molecular weight is 176 g/mol. The summed E-state index contributed by atoms with van der Waals surface area (Å²) in [5, 5.41) is 3.75. The van der Waals surface area contributed by atoms with Crippen LogP contribution in [-0.4, -0.2) is 24.5 Å². The normalized spacial score (nSPS) is 11.7. The molecule has 0 atom stereocenters. The SMILES string of the molecule is CS(=O)(=O)OCn1cccn1. The van der Waals surface area contributed by atoms with Gasteiger partial charge >= 0.3 is 0 Å². The number of hydrogen-bond donors (Lipinski definition) is 0. The predicted molar refractivity (Wildman–Crippen MR) is 38.2 cm³/mol. The predicted octanol–water partition coefficient (Wildman–Crippen LogP) is -0.183. The minimum atomic E-state index is -3.36. The van der Waals surface area contributed by atoms with Gasteiger partial charge in [-0.25, -0.2) is 8.86 Å². The van der Waals surface area contributed by atoms with Crippen LogP contribution in [0.1, 0.15) is 0 Å². The summed E-state index contributed by atoms with van der Waals surface area (Å²) in [6, 6.07) is 1.69. The van der Waals surface area contributed by atoms with Crippen molar-refractivity contribution >= 4 is 10.1 Å². The lowest BCUT2D eigenvalue weighted by atomic mass is 10.8. The molecule has 1 aromatic heterocycles. The van der Waals surface area contributed by atoms with Crippen molar-refractivity contribution in [2.45, 2.75) is 6.73 Å². The van der Waals surface area contributed by atoms with E-state index in [4.69, 9.17) is 0 Å². The molecule has 0 aromatic carbocycles. The minimum absolute atomic E-state index is 0.0637. The van der Waals surface area contributed by atoms with Gasteiger partial charge in [0.2, 0.25) is 0 Å². The van der Waals surface area contributed by atoms with Crippen LogP contribution in [0, 0.1) is 0 Å². The van der Waals surface area contributed by atoms with Crippen LogP contribution in [0.2, 0.25) is 0 Å². The summed E-state index contributed by atoms with van der Waals surface area (Å²) in [5.74, 6) is 0. The van der Waals surface area contributed by atoms with Gasteiger partial charge in [0.25, 0.3) is 10.1 Å². The van der Waals surface area contributed by atoms with Gasteiger partial charge in [-0.2, -0.15) is 13.5 Å². The summed E-state index contributed by atoms with van der Waals surface area (Å²) < 4.78 is 26.7. The molecule has 0 aliphatic heterocycles. The monoisotopic (exact) mass is 176 g/mol. The molecule has 0 aliphatic carbocycles. The second-order valence-corrected chi connectivity index (χ2v) is 3.64. The Morgan fingerprint density at radius 3 is 2.82 bits per heavy atom. The lowest BCUT2D eigenvalue weighted by molar-refractivity contribution is 0.230. The zero-order valence-corrected chi connectivity index (χ0v) is 6.78. The van der Waals surface area contributed by atoms with Crippen molar-refractivity contribution in [1.29, 1.82) is 0 Å². The third-order valence-corrected chi connectivity index (χ3v) is 1.49. The number of rotatable bonds is 3. The molecular weight excluding hydrogens is 168 g/mol. The summed E-state index contributed by atoms with van der Waals surface area (Å²) in [6.07, 6.45) is 4.16. The van der Waals surface area contributed by atoms with Crippen LogP contribution in [0.5, 0.6) is 0 Å². The molecular formula is C5H8N2O3S. The van der Waals surface area contributed by atoms with E-state index in [1.165, 1.54) is 4.68 Å². The van der Waals surface area contributed by atoms with Crippen LogP contribution in [0.15, 0.2) is 18.5 Å². The maximum Gasteiger partial charge on any atom is 0.266 e. The maximum absolute atomic E-state index is 10.5. The Morgan fingerprint density at radius 1 is 1.64 bits per heavy atom. The van der Waals surface area contributed by atoms with Crippen molar-refractivity contribution in [3.63, 3.8) is 0 Å². The van der Waals surface area contributed by atoms with Crippen molar-refractivity contribution < 1.29 is 12.6 Å². The van der Waals surface area contributed by atoms with Crippen molar-refractivity contribution in [3.8, 4) is 0 Å². The number of hydrogen-bond acceptors (Lipinski definition) is 4. The highest BCUT2D eigenvalue weighted by molar-refractivity contribution is 7.85. The van der Waals surface area contributed by atoms with Gasteiger partial charge in [0.15, 0.2) is 6.73 Å². The molecule has 5 nitrogen and oxygen atoms in total. The van der Waals surface area contributed by atoms with Crippen LogP contribution >= 0.6 is 0 Å². The molecule has 0 bridgehead atoms. The van der Waals surface area contributed by atoms with Crippen LogP contribution in [-0.2, 0) is 21.0 Å². The molecule has 6 heteroatoms. The maximum atomic E-state index is 10.5. The second kappa shape index (κ2) is 3.02. The Hall–Kier alpha value is -0.880. The van der Waals surface area contributed by atoms with Gasteiger partial charge in [0.1, 0.15) is 0 Å². The summed E-state index contributed by atoms with van der Waals surface area (Å²) in [4.78, 5) is 0. The van der Waals surface area contributed by atoms with Crippen LogP contribution in [0.4, 0.5) is 0 Å². The molecule has 0 saturated heterocycles. The van der Waals surface area contributed by atoms with E-state index in [1.807, 2.05) is 0 Å². The van der Waals surface area contributed by atoms with E-state index in [2.05, 4.69) is 9.28 Å². The number of aromatic nitrogens is 2. The smallest absolute Gasteiger partial charge is 0.247 e. The van der Waals surface area contributed by atoms with Crippen LogP contribution in [0.25, 0.3) is 0 Å². The highest BCUT2D eigenvalue weighted by Gasteiger charge is 2.00. The highest BCUT2D eigenvalue weighted by Crippen LogP contribution is 1.90. The Labute approximate surface area is 64.7 Å². The fourth-order valence-corrected chi connectivity index (χ4v) is 0.826. The van der Waals surface area contributed by atoms with E-state index in [1.54, 1.807) is 18.5 Å². The van der Waals surface area contributed by atoms with Gasteiger partial charge < -0.3 is 0 Å². The molecule has 1 rings (SSSR count). The van der Waals surface area contributed by atoms with Gasteiger partial charge in [-0.15, -0.1) is 0 Å². The molecule has 0 spiro atoms. The molecule has 0 unspecified atom stereocenters. The van der Waals surface area contributed by atoms with Crippen molar-refractivity contribution in [3.05, 3.63) is 18.5 Å². The molecule has 0 radical (unpaired) electrons. The zero-order valence-electron chi connectivity index (χ0n) is 5.97. The Morgan fingerprint density at radius 2 is 2.36 bits per heavy atom. The van der Waals surface area contributed by atoms with Crippen molar-refractivity contribution in [2.75, 3.05) is 6.26 Å². The van der Waals surface area contributed by atoms with E-state index in [9.17, 15) is 8.42 Å². The molecule has 0 N–H and O–H groups in total. The molecule has 11 heavy (non-hydrogen) atoms. The number of nitrogens with zero attached hydrogens (tertiary/aromatic N) is 2. The summed E-state index contributed by atoms with van der Waals surface area (Å²) in [6.45, 7) is -0.0637. The highest BCUT2D eigenvalue weighted by atomic mass is 32.2. The Bertz CT molecular complexity index is 302. The van der Waals surface area contributed by atoms with Crippen LogP contribution < -0.4 is 0 Å². The molecule has 1 heterocycles. The Kier molecular flexibility index (Phi) is 2.25. The first-order valence-electron chi connectivity index (χ1n) is 2.90. The quantitative estimate of drug-likeness (QED) is 0.599. The van der Waals surface area contributed by atoms with Crippen molar-refractivity contribution in [2.24, 2.45) is 0 Å². The molecule has 62 valence electrons. The molecule has 0 aliphatic rings. The topological polar surface area (TPSA) is 61.2 Å². The van der Waals surface area contributed by atoms with Gasteiger partial charge in [-0.05, 0) is 6.07 Å². The molecule has 0 amide bonds. The molecule has 0 fully saturated rings. The first-order valence-corrected chi connectivity index (χ1v) is 4.71. The van der Waals surface area contributed by atoms with E-state index < -0.39 is 10.1 Å². The lowest BCUT2D eigenvalue weighted by Gasteiger charge is -1.99. The molecule has 1 aromatic rings. The van der Waals surface area contributed by atoms with E-state index >= 15 is 0 Å². The fraction of sp³-hybridized carbons (Fsp3) is 0.400. The lowest BCUT2D eigenvalue weighted by Crippen LogP contribution is -2.08. The minimum Gasteiger partial charge on any atom is -0.247 e. The third kappa shape index (κ3) is 3.15. The first-order chi connectivity index (χ1) is 5.08. The fourth-order valence-electron chi connectivity index (χ4n) is 0.527. The summed E-state index contributed by atoms with van der Waals surface area (Å²) in [7, 11) is -3.36. The third-order valence-electron chi connectivity index (χ3n) is 0.958. The zero-order chi connectivity index (χ0) is 8.32.